The lowest BCUT2D eigenvalue weighted by molar-refractivity contribution is -0.129. The second kappa shape index (κ2) is 7.93. The number of nitrogens with zero attached hydrogens (tertiary/aromatic N) is 2. The number of hydrogen-bond acceptors (Lipinski definition) is 5. The van der Waals surface area contributed by atoms with Gasteiger partial charge in [-0.05, 0) is 49.2 Å². The van der Waals surface area contributed by atoms with Crippen molar-refractivity contribution in [1.29, 1.82) is 0 Å². The molecule has 0 spiro atoms. The summed E-state index contributed by atoms with van der Waals surface area (Å²) in [7, 11) is 0. The van der Waals surface area contributed by atoms with E-state index in [0.29, 0.717) is 19.6 Å². The van der Waals surface area contributed by atoms with E-state index in [9.17, 15) is 9.59 Å². The minimum atomic E-state index is -0.0328. The molecule has 0 aromatic carbocycles. The van der Waals surface area contributed by atoms with Crippen LogP contribution in [-0.2, 0) is 4.79 Å². The number of thiophene rings is 2. The molecule has 2 atom stereocenters. The molecule has 2 aromatic rings. The average Bonchev–Trinajstić information content (AvgIpc) is 3.32. The number of carbonyl (C=O) groups excluding carboxylic acids is 2. The highest BCUT2D eigenvalue weighted by Gasteiger charge is 2.39. The molecule has 134 valence electrons. The first-order valence-electron chi connectivity index (χ1n) is 8.35. The highest BCUT2D eigenvalue weighted by Crippen LogP contribution is 2.45. The molecular weight excluding hydrogens is 372 g/mol. The molecule has 0 N–H and O–H groups in total. The Morgan fingerprint density at radius 3 is 2.68 bits per heavy atom. The fraction of sp³-hybridized carbons (Fsp3) is 0.444. The van der Waals surface area contributed by atoms with Gasteiger partial charge in [-0.1, -0.05) is 6.07 Å². The Morgan fingerprint density at radius 1 is 1.28 bits per heavy atom. The molecule has 0 radical (unpaired) electrons. The van der Waals surface area contributed by atoms with Gasteiger partial charge >= 0.3 is 0 Å². The van der Waals surface area contributed by atoms with Crippen LogP contribution in [-0.4, -0.2) is 46.5 Å². The second-order valence-corrected chi connectivity index (χ2v) is 9.31. The van der Waals surface area contributed by atoms with Crippen molar-refractivity contribution in [2.24, 2.45) is 0 Å². The van der Waals surface area contributed by atoms with Crippen molar-refractivity contribution in [1.82, 2.24) is 9.80 Å². The molecule has 25 heavy (non-hydrogen) atoms. The van der Waals surface area contributed by atoms with Crippen molar-refractivity contribution in [3.05, 3.63) is 44.3 Å². The Morgan fingerprint density at radius 2 is 2.08 bits per heavy atom. The molecule has 0 saturated carbocycles. The van der Waals surface area contributed by atoms with E-state index in [2.05, 4.69) is 18.4 Å². The maximum absolute atomic E-state index is 12.6. The summed E-state index contributed by atoms with van der Waals surface area (Å²) >= 11 is 4.87. The van der Waals surface area contributed by atoms with Crippen molar-refractivity contribution in [2.45, 2.75) is 31.4 Å². The van der Waals surface area contributed by atoms with Crippen LogP contribution >= 0.6 is 34.4 Å². The van der Waals surface area contributed by atoms with Crippen molar-refractivity contribution < 1.29 is 9.59 Å². The number of thioether (sulfide) groups is 1. The summed E-state index contributed by atoms with van der Waals surface area (Å²) in [5.41, 5.74) is 1.23. The minimum absolute atomic E-state index is 0.0328. The fourth-order valence-electron chi connectivity index (χ4n) is 2.93. The molecule has 0 aliphatic carbocycles. The molecule has 1 aliphatic rings. The van der Waals surface area contributed by atoms with E-state index in [4.69, 9.17) is 0 Å². The van der Waals surface area contributed by atoms with Gasteiger partial charge < -0.3 is 9.80 Å². The standard InChI is InChI=1S/C18H22N2O2S3/c1-4-19(17(22)14-6-5-10-23-14)8-9-20-16(21)13(3)25-18(20)15-12(2)7-11-24-15/h5-7,10-11,13,18H,4,8-9H2,1-3H3/t13-,18+/m1/s1. The third kappa shape index (κ3) is 3.78. The maximum Gasteiger partial charge on any atom is 0.263 e. The first-order valence-corrected chi connectivity index (χ1v) is 11.1. The van der Waals surface area contributed by atoms with E-state index in [1.165, 1.54) is 21.8 Å². The van der Waals surface area contributed by atoms with Crippen LogP contribution in [0.1, 0.15) is 39.3 Å². The average molecular weight is 395 g/mol. The van der Waals surface area contributed by atoms with Gasteiger partial charge in [0, 0.05) is 24.5 Å². The van der Waals surface area contributed by atoms with E-state index in [1.54, 1.807) is 23.1 Å². The predicted octanol–water partition coefficient (Wildman–Crippen LogP) is 4.24. The van der Waals surface area contributed by atoms with E-state index in [-0.39, 0.29) is 22.4 Å². The Labute approximate surface area is 160 Å². The van der Waals surface area contributed by atoms with Crippen LogP contribution in [0.3, 0.4) is 0 Å². The highest BCUT2D eigenvalue weighted by atomic mass is 32.2. The van der Waals surface area contributed by atoms with Crippen molar-refractivity contribution in [3.8, 4) is 0 Å². The van der Waals surface area contributed by atoms with Gasteiger partial charge in [0.2, 0.25) is 5.91 Å². The van der Waals surface area contributed by atoms with Gasteiger partial charge in [0.25, 0.3) is 5.91 Å². The zero-order chi connectivity index (χ0) is 18.0. The van der Waals surface area contributed by atoms with Crippen LogP contribution < -0.4 is 0 Å². The van der Waals surface area contributed by atoms with Crippen LogP contribution in [0.25, 0.3) is 0 Å². The first-order chi connectivity index (χ1) is 12.0. The van der Waals surface area contributed by atoms with Gasteiger partial charge in [-0.3, -0.25) is 9.59 Å². The first kappa shape index (κ1) is 18.5. The van der Waals surface area contributed by atoms with Crippen molar-refractivity contribution in [2.75, 3.05) is 19.6 Å². The minimum Gasteiger partial charge on any atom is -0.336 e. The van der Waals surface area contributed by atoms with Gasteiger partial charge in [0.05, 0.1) is 10.1 Å². The van der Waals surface area contributed by atoms with Crippen LogP contribution in [0.4, 0.5) is 0 Å². The lowest BCUT2D eigenvalue weighted by Gasteiger charge is -2.27. The molecule has 3 heterocycles. The second-order valence-electron chi connectivity index (χ2n) is 5.99. The third-order valence-corrected chi connectivity index (χ3v) is 7.82. The topological polar surface area (TPSA) is 40.6 Å². The van der Waals surface area contributed by atoms with Gasteiger partial charge in [0.1, 0.15) is 5.37 Å². The van der Waals surface area contributed by atoms with Crippen LogP contribution in [0.2, 0.25) is 0 Å². The number of hydrogen-bond donors (Lipinski definition) is 0. The molecule has 2 amide bonds. The number of likely N-dealkylation sites (N-methyl/N-ethyl adjacent to an activating group) is 1. The number of aryl methyl sites for hydroxylation is 1. The Bertz CT molecular complexity index is 741. The van der Waals surface area contributed by atoms with Crippen LogP contribution in [0.5, 0.6) is 0 Å². The summed E-state index contributed by atoms with van der Waals surface area (Å²) in [6.45, 7) is 7.82. The molecule has 0 unspecified atom stereocenters. The summed E-state index contributed by atoms with van der Waals surface area (Å²) < 4.78 is 0. The maximum atomic E-state index is 12.6. The van der Waals surface area contributed by atoms with Crippen molar-refractivity contribution in [3.63, 3.8) is 0 Å². The van der Waals surface area contributed by atoms with Crippen molar-refractivity contribution >= 4 is 46.2 Å². The Kier molecular flexibility index (Phi) is 5.86. The molecule has 1 aliphatic heterocycles. The molecular formula is C18H22N2O2S3. The van der Waals surface area contributed by atoms with Crippen LogP contribution in [0.15, 0.2) is 29.0 Å². The summed E-state index contributed by atoms with van der Waals surface area (Å²) in [6.07, 6.45) is 0. The number of amides is 2. The molecule has 1 saturated heterocycles. The van der Waals surface area contributed by atoms with Gasteiger partial charge in [-0.2, -0.15) is 0 Å². The SMILES string of the molecule is CCN(CCN1C(=O)[C@@H](C)S[C@H]1c1sccc1C)C(=O)c1cccs1. The monoisotopic (exact) mass is 394 g/mol. The van der Waals surface area contributed by atoms with Gasteiger partial charge in [0.15, 0.2) is 0 Å². The van der Waals surface area contributed by atoms with Gasteiger partial charge in [-0.15, -0.1) is 34.4 Å². The molecule has 4 nitrogen and oxygen atoms in total. The molecule has 2 aromatic heterocycles. The fourth-order valence-corrected chi connectivity index (χ4v) is 6.17. The lowest BCUT2D eigenvalue weighted by atomic mass is 10.2. The zero-order valence-electron chi connectivity index (χ0n) is 14.6. The molecule has 3 rings (SSSR count). The quantitative estimate of drug-likeness (QED) is 0.736. The normalized spacial score (nSPS) is 20.3. The predicted molar refractivity (Wildman–Crippen MR) is 106 cm³/mol. The summed E-state index contributed by atoms with van der Waals surface area (Å²) in [5, 5.41) is 4.03. The Balaban J connectivity index is 1.72. The van der Waals surface area contributed by atoms with E-state index < -0.39 is 0 Å². The van der Waals surface area contributed by atoms with E-state index >= 15 is 0 Å². The summed E-state index contributed by atoms with van der Waals surface area (Å²) in [5.74, 6) is 0.219. The Hall–Kier alpha value is -1.31. The smallest absolute Gasteiger partial charge is 0.263 e. The summed E-state index contributed by atoms with van der Waals surface area (Å²) in [4.78, 5) is 31.0. The molecule has 7 heteroatoms. The highest BCUT2D eigenvalue weighted by molar-refractivity contribution is 8.01. The number of rotatable bonds is 6. The van der Waals surface area contributed by atoms with E-state index in [0.717, 1.165) is 4.88 Å². The zero-order valence-corrected chi connectivity index (χ0v) is 17.0. The molecule has 0 bridgehead atoms. The van der Waals surface area contributed by atoms with Crippen LogP contribution in [0, 0.1) is 6.92 Å². The third-order valence-electron chi connectivity index (χ3n) is 4.38. The number of carbonyl (C=O) groups is 2. The van der Waals surface area contributed by atoms with E-state index in [1.807, 2.05) is 41.2 Å². The summed E-state index contributed by atoms with van der Waals surface area (Å²) in [6, 6.07) is 5.85. The van der Waals surface area contributed by atoms with Gasteiger partial charge in [-0.25, -0.2) is 0 Å². The lowest BCUT2D eigenvalue weighted by Crippen LogP contribution is -2.40. The largest absolute Gasteiger partial charge is 0.336 e. The molecule has 1 fully saturated rings.